The van der Waals surface area contributed by atoms with Crippen LogP contribution in [-0.4, -0.2) is 42.6 Å². The van der Waals surface area contributed by atoms with Crippen molar-refractivity contribution in [1.82, 2.24) is 0 Å². The van der Waals surface area contributed by atoms with Crippen LogP contribution in [0.5, 0.6) is 0 Å². The Balaban J connectivity index is 2.11. The van der Waals surface area contributed by atoms with Crippen LogP contribution in [0, 0.1) is 0 Å². The highest BCUT2D eigenvalue weighted by Gasteiger charge is 2.14. The minimum Gasteiger partial charge on any atom is -0.378 e. The number of nitrogens with one attached hydrogen (secondary N) is 1. The molecule has 1 aromatic carbocycles. The summed E-state index contributed by atoms with van der Waals surface area (Å²) in [5.41, 5.74) is 1.78. The van der Waals surface area contributed by atoms with Crippen LogP contribution in [0.3, 0.4) is 0 Å². The lowest BCUT2D eigenvalue weighted by Crippen LogP contribution is -2.36. The lowest BCUT2D eigenvalue weighted by molar-refractivity contribution is -0.160. The van der Waals surface area contributed by atoms with E-state index in [1.54, 1.807) is 6.07 Å². The molecule has 2 N–H and O–H groups in total. The monoisotopic (exact) mass is 269 g/mol. The fourth-order valence-corrected chi connectivity index (χ4v) is 2.09. The van der Waals surface area contributed by atoms with Gasteiger partial charge >= 0.3 is 6.34 Å². The molecule has 1 aliphatic heterocycles. The van der Waals surface area contributed by atoms with Crippen molar-refractivity contribution in [2.45, 2.75) is 0 Å². The zero-order valence-corrected chi connectivity index (χ0v) is 10.5. The zero-order valence-electron chi connectivity index (χ0n) is 9.71. The summed E-state index contributed by atoms with van der Waals surface area (Å²) in [6.45, 7) is 3.14. The average molecular weight is 270 g/mol. The number of benzene rings is 1. The highest BCUT2D eigenvalue weighted by Crippen LogP contribution is 2.29. The Hall–Kier alpha value is -1.75. The Morgan fingerprint density at radius 1 is 1.44 bits per heavy atom. The molecule has 18 heavy (non-hydrogen) atoms. The van der Waals surface area contributed by atoms with Crippen LogP contribution in [0.2, 0.25) is 5.02 Å². The second-order valence-corrected chi connectivity index (χ2v) is 4.15. The van der Waals surface area contributed by atoms with Gasteiger partial charge < -0.3 is 14.8 Å². The fourth-order valence-electron chi connectivity index (χ4n) is 1.79. The van der Waals surface area contributed by atoms with E-state index >= 15 is 0 Å². The van der Waals surface area contributed by atoms with Crippen molar-refractivity contribution in [2.75, 3.05) is 36.5 Å². The van der Waals surface area contributed by atoms with Crippen molar-refractivity contribution >= 4 is 29.3 Å². The lowest BCUT2D eigenvalue weighted by atomic mass is 10.2. The lowest BCUT2D eigenvalue weighted by Gasteiger charge is -2.29. The van der Waals surface area contributed by atoms with E-state index in [2.05, 4.69) is 20.3 Å². The van der Waals surface area contributed by atoms with Crippen LogP contribution < -0.4 is 10.2 Å². The van der Waals surface area contributed by atoms with Crippen LogP contribution >= 0.6 is 11.6 Å². The summed E-state index contributed by atoms with van der Waals surface area (Å²) < 4.78 is 5.30. The molecule has 1 fully saturated rings. The van der Waals surface area contributed by atoms with Gasteiger partial charge in [-0.1, -0.05) is 11.6 Å². The molecule has 0 saturated carbocycles. The van der Waals surface area contributed by atoms with Crippen LogP contribution in [0.15, 0.2) is 23.5 Å². The molecule has 96 valence electrons. The number of halogens is 1. The molecule has 6 nitrogen and oxygen atoms in total. The molecule has 1 aliphatic rings. The van der Waals surface area contributed by atoms with E-state index in [0.717, 1.165) is 37.7 Å². The molecular weight excluding hydrogens is 256 g/mol. The van der Waals surface area contributed by atoms with Gasteiger partial charge in [0.15, 0.2) is 0 Å². The summed E-state index contributed by atoms with van der Waals surface area (Å²) in [6, 6.07) is 5.63. The third-order valence-electron chi connectivity index (χ3n) is 2.64. The summed E-state index contributed by atoms with van der Waals surface area (Å²) >= 11 is 6.24. The third kappa shape index (κ3) is 3.13. The number of nitrogens with zero attached hydrogens (tertiary/aromatic N) is 3. The quantitative estimate of drug-likeness (QED) is 0.288. The second kappa shape index (κ2) is 6.26. The second-order valence-electron chi connectivity index (χ2n) is 3.74. The molecule has 1 saturated heterocycles. The first-order chi connectivity index (χ1) is 8.81. The van der Waals surface area contributed by atoms with E-state index in [1.807, 2.05) is 12.1 Å². The molecule has 0 aromatic heterocycles. The Morgan fingerprint density at radius 3 is 2.89 bits per heavy atom. The first-order valence-corrected chi connectivity index (χ1v) is 5.94. The first-order valence-electron chi connectivity index (χ1n) is 5.56. The molecule has 1 aromatic rings. The predicted molar refractivity (Wildman–Crippen MR) is 68.6 cm³/mol. The van der Waals surface area contributed by atoms with Gasteiger partial charge in [0.05, 0.1) is 23.9 Å². The largest absolute Gasteiger partial charge is 0.378 e. The molecule has 1 heterocycles. The fraction of sp³-hybridized carbons (Fsp3) is 0.364. The summed E-state index contributed by atoms with van der Waals surface area (Å²) in [6.07, 6.45) is 1.28. The van der Waals surface area contributed by atoms with Crippen LogP contribution in [0.25, 0.3) is 0 Å². The zero-order chi connectivity index (χ0) is 12.8. The Labute approximate surface area is 110 Å². The van der Waals surface area contributed by atoms with E-state index in [1.165, 1.54) is 6.34 Å². The maximum absolute atomic E-state index is 8.16. The Kier molecular flexibility index (Phi) is 4.41. The SMILES string of the molecule is ON=[N+]=CNc1ccc(N2CCOCC2)c(Cl)c1. The van der Waals surface area contributed by atoms with Gasteiger partial charge in [-0.3, -0.25) is 0 Å². The highest BCUT2D eigenvalue weighted by molar-refractivity contribution is 6.33. The average Bonchev–Trinajstić information content (AvgIpc) is 2.40. The summed E-state index contributed by atoms with van der Waals surface area (Å²) in [7, 11) is 0. The van der Waals surface area contributed by atoms with Gasteiger partial charge in [-0.05, 0) is 16.9 Å². The minimum absolute atomic E-state index is 0.663. The number of hydrogen-bond donors (Lipinski definition) is 2. The van der Waals surface area contributed by atoms with E-state index in [9.17, 15) is 0 Å². The van der Waals surface area contributed by atoms with Crippen molar-refractivity contribution in [3.8, 4) is 0 Å². The van der Waals surface area contributed by atoms with Crippen LogP contribution in [0.4, 0.5) is 11.4 Å². The van der Waals surface area contributed by atoms with Crippen molar-refractivity contribution < 1.29 is 14.7 Å². The third-order valence-corrected chi connectivity index (χ3v) is 2.94. The Morgan fingerprint density at radius 2 is 2.22 bits per heavy atom. The maximum Gasteiger partial charge on any atom is 0.372 e. The molecule has 0 spiro atoms. The molecule has 0 bridgehead atoms. The van der Waals surface area contributed by atoms with E-state index in [0.29, 0.717) is 5.02 Å². The van der Waals surface area contributed by atoms with Gasteiger partial charge in [0.1, 0.15) is 5.69 Å². The number of ether oxygens (including phenoxy) is 1. The van der Waals surface area contributed by atoms with Crippen molar-refractivity contribution in [1.29, 1.82) is 0 Å². The molecule has 2 rings (SSSR count). The van der Waals surface area contributed by atoms with Gasteiger partial charge in [0, 0.05) is 19.2 Å². The van der Waals surface area contributed by atoms with E-state index in [4.69, 9.17) is 21.5 Å². The number of hydrogen-bond acceptors (Lipinski definition) is 3. The first kappa shape index (κ1) is 12.7. The maximum atomic E-state index is 8.16. The van der Waals surface area contributed by atoms with Crippen LogP contribution in [-0.2, 0) is 4.74 Å². The van der Waals surface area contributed by atoms with Crippen LogP contribution in [0.1, 0.15) is 0 Å². The molecule has 0 unspecified atom stereocenters. The molecule has 0 radical (unpaired) electrons. The van der Waals surface area contributed by atoms with Gasteiger partial charge in [0.25, 0.3) is 0 Å². The molecular formula is C11H14ClN4O2+. The normalized spacial score (nSPS) is 14.8. The molecule has 7 heteroatoms. The summed E-state index contributed by atoms with van der Waals surface area (Å²) in [4.78, 5) is 5.47. The molecule has 0 amide bonds. The van der Waals surface area contributed by atoms with Gasteiger partial charge in [0.2, 0.25) is 5.28 Å². The van der Waals surface area contributed by atoms with Crippen molar-refractivity contribution in [3.63, 3.8) is 0 Å². The number of rotatable bonds is 3. The number of morpholine rings is 1. The van der Waals surface area contributed by atoms with E-state index in [-0.39, 0.29) is 0 Å². The smallest absolute Gasteiger partial charge is 0.372 e. The highest BCUT2D eigenvalue weighted by atomic mass is 35.5. The summed E-state index contributed by atoms with van der Waals surface area (Å²) in [5, 5.41) is 14.3. The number of anilines is 2. The predicted octanol–water partition coefficient (Wildman–Crippen LogP) is 1.67. The van der Waals surface area contributed by atoms with Gasteiger partial charge in [-0.2, -0.15) is 0 Å². The van der Waals surface area contributed by atoms with Gasteiger partial charge in [-0.25, -0.2) is 5.32 Å². The molecule has 0 atom stereocenters. The van der Waals surface area contributed by atoms with E-state index < -0.39 is 0 Å². The minimum atomic E-state index is 0.663. The summed E-state index contributed by atoms with van der Waals surface area (Å²) in [5.74, 6) is 0. The van der Waals surface area contributed by atoms with Crippen molar-refractivity contribution in [2.24, 2.45) is 5.28 Å². The molecule has 0 aliphatic carbocycles. The topological polar surface area (TPSA) is 71.2 Å². The van der Waals surface area contributed by atoms with Gasteiger partial charge in [-0.15, -0.1) is 0 Å². The Bertz CT molecular complexity index is 468. The van der Waals surface area contributed by atoms with Crippen molar-refractivity contribution in [3.05, 3.63) is 23.2 Å². The standard InChI is InChI=1S/C11H13ClN4O2/c12-10-7-9(13-8-14-15-17)1-2-11(10)16-3-5-18-6-4-16/h1-2,7-8H,3-6H2,(H,13,14,17)/p+1.